The van der Waals surface area contributed by atoms with Gasteiger partial charge in [-0.3, -0.25) is 14.4 Å². The van der Waals surface area contributed by atoms with E-state index in [0.29, 0.717) is 5.56 Å². The van der Waals surface area contributed by atoms with Crippen molar-refractivity contribution in [3.63, 3.8) is 0 Å². The van der Waals surface area contributed by atoms with Crippen LogP contribution in [0.1, 0.15) is 48.9 Å². The van der Waals surface area contributed by atoms with Gasteiger partial charge in [0.2, 0.25) is 11.8 Å². The molecule has 2 amide bonds. The largest absolute Gasteiger partial charge is 0.454 e. The van der Waals surface area contributed by atoms with Crippen molar-refractivity contribution in [2.45, 2.75) is 10.2 Å². The first-order valence-corrected chi connectivity index (χ1v) is 14.7. The molecule has 2 atom stereocenters. The van der Waals surface area contributed by atoms with Crippen LogP contribution in [0.2, 0.25) is 0 Å². The van der Waals surface area contributed by atoms with Crippen LogP contribution in [0, 0.1) is 11.8 Å². The van der Waals surface area contributed by atoms with Crippen LogP contribution < -0.4 is 4.90 Å². The smallest absolute Gasteiger partial charge is 0.340 e. The summed E-state index contributed by atoms with van der Waals surface area (Å²) in [6.07, 6.45) is 0. The van der Waals surface area contributed by atoms with Crippen LogP contribution in [0.5, 0.6) is 0 Å². The van der Waals surface area contributed by atoms with Gasteiger partial charge in [0.1, 0.15) is 0 Å². The van der Waals surface area contributed by atoms with Crippen molar-refractivity contribution in [3.05, 3.63) is 135 Å². The minimum Gasteiger partial charge on any atom is -0.454 e. The molecule has 8 rings (SSSR count). The number of imide groups is 1. The number of anilines is 1. The van der Waals surface area contributed by atoms with Gasteiger partial charge in [-0.05, 0) is 46.5 Å². The Morgan fingerprint density at radius 3 is 2.02 bits per heavy atom. The predicted octanol–water partition coefficient (Wildman–Crippen LogP) is 6.39. The van der Waals surface area contributed by atoms with E-state index in [-0.39, 0.29) is 34.8 Å². The van der Waals surface area contributed by atoms with Crippen LogP contribution >= 0.6 is 31.9 Å². The monoisotopic (exact) mass is 669 g/mol. The number of alkyl halides is 1. The lowest BCUT2D eigenvalue weighted by Crippen LogP contribution is -2.50. The highest BCUT2D eigenvalue weighted by Gasteiger charge is 2.67. The molecule has 1 saturated heterocycles. The molecule has 0 radical (unpaired) electrons. The average molecular weight is 671 g/mol. The Morgan fingerprint density at radius 1 is 0.780 bits per heavy atom. The van der Waals surface area contributed by atoms with E-state index in [1.807, 2.05) is 48.5 Å². The first kappa shape index (κ1) is 26.0. The number of nitrogens with zero attached hydrogens (tertiary/aromatic N) is 1. The van der Waals surface area contributed by atoms with Gasteiger partial charge in [0.25, 0.3) is 0 Å². The number of amides is 2. The van der Waals surface area contributed by atoms with Crippen molar-refractivity contribution in [1.29, 1.82) is 0 Å². The molecule has 1 aliphatic heterocycles. The van der Waals surface area contributed by atoms with Gasteiger partial charge in [-0.1, -0.05) is 105 Å². The van der Waals surface area contributed by atoms with Crippen molar-refractivity contribution in [1.82, 2.24) is 0 Å². The molecule has 8 heteroatoms. The Morgan fingerprint density at radius 2 is 1.37 bits per heavy atom. The number of para-hydroxylation sites is 1. The zero-order valence-electron chi connectivity index (χ0n) is 21.4. The van der Waals surface area contributed by atoms with Crippen molar-refractivity contribution < 1.29 is 23.9 Å². The molecule has 1 fully saturated rings. The van der Waals surface area contributed by atoms with E-state index in [2.05, 4.69) is 31.9 Å². The number of carbonyl (C=O) groups excluding carboxylic acids is 4. The number of rotatable bonds is 5. The summed E-state index contributed by atoms with van der Waals surface area (Å²) in [5.74, 6) is -3.53. The highest BCUT2D eigenvalue weighted by molar-refractivity contribution is 9.10. The molecule has 4 aromatic rings. The van der Waals surface area contributed by atoms with Crippen LogP contribution in [0.4, 0.5) is 5.69 Å². The van der Waals surface area contributed by atoms with Gasteiger partial charge in [-0.25, -0.2) is 9.69 Å². The van der Waals surface area contributed by atoms with Gasteiger partial charge in [0.05, 0.1) is 27.4 Å². The Labute approximate surface area is 252 Å². The molecule has 202 valence electrons. The third kappa shape index (κ3) is 3.73. The Kier molecular flexibility index (Phi) is 6.10. The molecule has 3 aliphatic carbocycles. The standard InChI is InChI=1S/C33H21Br2NO5/c34-19-15-13-18(14-16-19)26(37)17-41-32(40)22-9-3-6-12-25(22)36-30(38)28-27-20-7-1-4-10-23(20)33(35,29(28)31(36)39)24-11-5-2-8-21(24)27/h1-16,27-29H,17H2. The number of benzene rings is 4. The highest BCUT2D eigenvalue weighted by atomic mass is 79.9. The number of hydrogen-bond acceptors (Lipinski definition) is 5. The topological polar surface area (TPSA) is 80.8 Å². The highest BCUT2D eigenvalue weighted by Crippen LogP contribution is 2.66. The van der Waals surface area contributed by atoms with Crippen LogP contribution in [-0.4, -0.2) is 30.2 Å². The average Bonchev–Trinajstić information content (AvgIpc) is 3.27. The fraction of sp³-hybridized carbons (Fsp3) is 0.152. The number of ether oxygens (including phenoxy) is 1. The predicted molar refractivity (Wildman–Crippen MR) is 159 cm³/mol. The molecular weight excluding hydrogens is 650 g/mol. The summed E-state index contributed by atoms with van der Waals surface area (Å²) >= 11 is 7.32. The molecule has 41 heavy (non-hydrogen) atoms. The van der Waals surface area contributed by atoms with Crippen molar-refractivity contribution >= 4 is 61.1 Å². The van der Waals surface area contributed by atoms with E-state index in [0.717, 1.165) is 31.6 Å². The molecule has 6 nitrogen and oxygen atoms in total. The minimum atomic E-state index is -0.895. The lowest BCUT2D eigenvalue weighted by Gasteiger charge is -2.51. The normalized spacial score (nSPS) is 23.6. The zero-order valence-corrected chi connectivity index (χ0v) is 24.6. The summed E-state index contributed by atoms with van der Waals surface area (Å²) in [6.45, 7) is -0.473. The number of hydrogen-bond donors (Lipinski definition) is 0. The molecule has 0 aromatic heterocycles. The molecular formula is C33H21Br2NO5. The summed E-state index contributed by atoms with van der Waals surface area (Å²) < 4.78 is 5.31. The van der Waals surface area contributed by atoms with Crippen LogP contribution in [0.3, 0.4) is 0 Å². The summed E-state index contributed by atoms with van der Waals surface area (Å²) in [5.41, 5.74) is 4.60. The number of esters is 1. The minimum absolute atomic E-state index is 0.0439. The maximum atomic E-state index is 14.3. The Balaban J connectivity index is 1.25. The van der Waals surface area contributed by atoms with E-state index >= 15 is 0 Å². The van der Waals surface area contributed by atoms with Crippen molar-refractivity contribution in [2.75, 3.05) is 11.5 Å². The van der Waals surface area contributed by atoms with Gasteiger partial charge in [-0.2, -0.15) is 0 Å². The quantitative estimate of drug-likeness (QED) is 0.106. The van der Waals surface area contributed by atoms with E-state index in [4.69, 9.17) is 4.74 Å². The SMILES string of the molecule is O=C(COC(=O)c1ccccc1N1C(=O)C2C3c4ccccc4C(Br)(c4ccccc43)C2C1=O)c1ccc(Br)cc1. The van der Waals surface area contributed by atoms with Gasteiger partial charge in [0.15, 0.2) is 12.4 Å². The second-order valence-electron chi connectivity index (χ2n) is 10.4. The van der Waals surface area contributed by atoms with Crippen LogP contribution in [0.25, 0.3) is 0 Å². The van der Waals surface area contributed by atoms with Gasteiger partial charge >= 0.3 is 5.97 Å². The Bertz CT molecular complexity index is 1740. The molecule has 4 aromatic carbocycles. The van der Waals surface area contributed by atoms with E-state index in [1.165, 1.54) is 6.07 Å². The molecule has 0 spiro atoms. The second kappa shape index (κ2) is 9.60. The first-order valence-electron chi connectivity index (χ1n) is 13.1. The maximum Gasteiger partial charge on any atom is 0.340 e. The first-order chi connectivity index (χ1) is 19.8. The zero-order chi connectivity index (χ0) is 28.5. The molecule has 1 heterocycles. The molecule has 0 saturated carbocycles. The number of carbonyl (C=O) groups is 4. The fourth-order valence-corrected chi connectivity index (χ4v) is 8.15. The summed E-state index contributed by atoms with van der Waals surface area (Å²) in [5, 5.41) is 0. The van der Waals surface area contributed by atoms with E-state index < -0.39 is 28.7 Å². The summed E-state index contributed by atoms with van der Waals surface area (Å²) in [6, 6.07) is 29.0. The summed E-state index contributed by atoms with van der Waals surface area (Å²) in [7, 11) is 0. The van der Waals surface area contributed by atoms with Crippen LogP contribution in [-0.2, 0) is 18.7 Å². The third-order valence-electron chi connectivity index (χ3n) is 8.38. The Hall–Kier alpha value is -3.88. The molecule has 0 N–H and O–H groups in total. The van der Waals surface area contributed by atoms with E-state index in [1.54, 1.807) is 42.5 Å². The molecule has 2 unspecified atom stereocenters. The number of halogens is 2. The van der Waals surface area contributed by atoms with Crippen molar-refractivity contribution in [3.8, 4) is 0 Å². The number of ketones is 1. The molecule has 4 aliphatic rings. The van der Waals surface area contributed by atoms with Crippen LogP contribution in [0.15, 0.2) is 102 Å². The van der Waals surface area contributed by atoms with Gasteiger partial charge < -0.3 is 4.74 Å². The van der Waals surface area contributed by atoms with Crippen molar-refractivity contribution in [2.24, 2.45) is 11.8 Å². The lowest BCUT2D eigenvalue weighted by molar-refractivity contribution is -0.122. The second-order valence-corrected chi connectivity index (χ2v) is 12.6. The lowest BCUT2D eigenvalue weighted by atomic mass is 9.55. The summed E-state index contributed by atoms with van der Waals surface area (Å²) in [4.78, 5) is 55.5. The van der Waals surface area contributed by atoms with Gasteiger partial charge in [-0.15, -0.1) is 0 Å². The van der Waals surface area contributed by atoms with E-state index in [9.17, 15) is 19.2 Å². The number of Topliss-reactive ketones (excluding diaryl/α,β-unsaturated/α-hetero) is 1. The maximum absolute atomic E-state index is 14.3. The van der Waals surface area contributed by atoms with Gasteiger partial charge in [0, 0.05) is 16.0 Å². The fourth-order valence-electron chi connectivity index (χ4n) is 6.69. The third-order valence-corrected chi connectivity index (χ3v) is 10.3. The molecule has 2 bridgehead atoms.